The Hall–Kier alpha value is -1.32. The van der Waals surface area contributed by atoms with Gasteiger partial charge >= 0.3 is 11.9 Å². The van der Waals surface area contributed by atoms with Crippen molar-refractivity contribution in [1.29, 1.82) is 0 Å². The summed E-state index contributed by atoms with van der Waals surface area (Å²) in [6.07, 6.45) is 1.79. The smallest absolute Gasteiger partial charge is 0.330 e. The van der Waals surface area contributed by atoms with E-state index >= 15 is 0 Å². The molecule has 0 saturated carbocycles. The average molecular weight is 242 g/mol. The standard InChI is InChI=1S/C13H22O4/c1-6-11(14)16-8-9-17-12(15)13(5,7-2)10(3)4/h6,10H,1,7-9H2,2-5H3. The lowest BCUT2D eigenvalue weighted by Gasteiger charge is -2.29. The van der Waals surface area contributed by atoms with Crippen LogP contribution in [-0.4, -0.2) is 25.2 Å². The molecule has 0 aromatic carbocycles. The number of esters is 2. The minimum absolute atomic E-state index is 0.0640. The Balaban J connectivity index is 4.09. The first-order valence-electron chi connectivity index (χ1n) is 5.84. The molecule has 4 nitrogen and oxygen atoms in total. The van der Waals surface area contributed by atoms with Crippen molar-refractivity contribution in [2.75, 3.05) is 13.2 Å². The summed E-state index contributed by atoms with van der Waals surface area (Å²) in [5, 5.41) is 0. The third-order valence-electron chi connectivity index (χ3n) is 3.20. The maximum absolute atomic E-state index is 11.9. The molecule has 98 valence electrons. The molecule has 0 aliphatic rings. The summed E-state index contributed by atoms with van der Waals surface area (Å²) in [5.74, 6) is -0.552. The zero-order chi connectivity index (χ0) is 13.5. The van der Waals surface area contributed by atoms with Crippen LogP contribution in [0.25, 0.3) is 0 Å². The Labute approximate surface area is 103 Å². The van der Waals surface area contributed by atoms with Crippen LogP contribution < -0.4 is 0 Å². The minimum atomic E-state index is -0.511. The molecule has 0 saturated heterocycles. The van der Waals surface area contributed by atoms with Gasteiger partial charge < -0.3 is 9.47 Å². The van der Waals surface area contributed by atoms with Crippen LogP contribution in [0.2, 0.25) is 0 Å². The highest BCUT2D eigenvalue weighted by Crippen LogP contribution is 2.32. The van der Waals surface area contributed by atoms with Gasteiger partial charge in [0, 0.05) is 6.08 Å². The number of ether oxygens (including phenoxy) is 2. The average Bonchev–Trinajstić information content (AvgIpc) is 2.32. The van der Waals surface area contributed by atoms with Crippen molar-refractivity contribution in [2.45, 2.75) is 34.1 Å². The van der Waals surface area contributed by atoms with Crippen molar-refractivity contribution in [2.24, 2.45) is 11.3 Å². The Morgan fingerprint density at radius 3 is 2.24 bits per heavy atom. The van der Waals surface area contributed by atoms with E-state index in [4.69, 9.17) is 9.47 Å². The summed E-state index contributed by atoms with van der Waals surface area (Å²) in [5.41, 5.74) is -0.484. The number of hydrogen-bond donors (Lipinski definition) is 0. The minimum Gasteiger partial charge on any atom is -0.462 e. The third kappa shape index (κ3) is 4.59. The van der Waals surface area contributed by atoms with Gasteiger partial charge in [0.2, 0.25) is 0 Å². The van der Waals surface area contributed by atoms with Gasteiger partial charge in [0.1, 0.15) is 13.2 Å². The molecule has 0 fully saturated rings. The molecule has 0 rings (SSSR count). The van der Waals surface area contributed by atoms with Gasteiger partial charge in [-0.05, 0) is 19.3 Å². The van der Waals surface area contributed by atoms with E-state index in [1.807, 2.05) is 27.7 Å². The second-order valence-electron chi connectivity index (χ2n) is 4.43. The molecule has 17 heavy (non-hydrogen) atoms. The fraction of sp³-hybridized carbons (Fsp3) is 0.692. The van der Waals surface area contributed by atoms with Crippen LogP contribution in [0.15, 0.2) is 12.7 Å². The molecule has 0 spiro atoms. The SMILES string of the molecule is C=CC(=O)OCCOC(=O)C(C)(CC)C(C)C. The molecular weight excluding hydrogens is 220 g/mol. The van der Waals surface area contributed by atoms with Crippen molar-refractivity contribution >= 4 is 11.9 Å². The molecule has 0 aromatic rings. The van der Waals surface area contributed by atoms with Gasteiger partial charge in [-0.25, -0.2) is 4.79 Å². The molecule has 1 unspecified atom stereocenters. The second kappa shape index (κ2) is 7.09. The molecule has 4 heteroatoms. The van der Waals surface area contributed by atoms with Gasteiger partial charge in [-0.3, -0.25) is 4.79 Å². The van der Waals surface area contributed by atoms with E-state index in [0.717, 1.165) is 12.5 Å². The normalized spacial score (nSPS) is 13.9. The Kier molecular flexibility index (Phi) is 6.54. The molecule has 0 radical (unpaired) electrons. The van der Waals surface area contributed by atoms with Crippen molar-refractivity contribution < 1.29 is 19.1 Å². The first-order chi connectivity index (χ1) is 7.88. The lowest BCUT2D eigenvalue weighted by atomic mass is 9.77. The molecule has 0 bridgehead atoms. The molecule has 0 heterocycles. The molecular formula is C13H22O4. The number of hydrogen-bond acceptors (Lipinski definition) is 4. The lowest BCUT2D eigenvalue weighted by molar-refractivity contribution is -0.161. The number of carbonyl (C=O) groups is 2. The van der Waals surface area contributed by atoms with Crippen LogP contribution in [0, 0.1) is 11.3 Å². The van der Waals surface area contributed by atoms with Crippen LogP contribution in [0.3, 0.4) is 0 Å². The van der Waals surface area contributed by atoms with E-state index in [2.05, 4.69) is 6.58 Å². The van der Waals surface area contributed by atoms with E-state index in [1.54, 1.807) is 0 Å². The van der Waals surface area contributed by atoms with Crippen LogP contribution >= 0.6 is 0 Å². The van der Waals surface area contributed by atoms with E-state index in [1.165, 1.54) is 0 Å². The summed E-state index contributed by atoms with van der Waals surface area (Å²) < 4.78 is 9.82. The van der Waals surface area contributed by atoms with Gasteiger partial charge in [-0.2, -0.15) is 0 Å². The molecule has 0 N–H and O–H groups in total. The highest BCUT2D eigenvalue weighted by molar-refractivity contribution is 5.81. The largest absolute Gasteiger partial charge is 0.462 e. The Bertz CT molecular complexity index is 283. The molecule has 0 aromatic heterocycles. The predicted octanol–water partition coefficient (Wildman–Crippen LogP) is 2.33. The number of carbonyl (C=O) groups excluding carboxylic acids is 2. The Morgan fingerprint density at radius 2 is 1.82 bits per heavy atom. The summed E-state index contributed by atoms with van der Waals surface area (Å²) >= 11 is 0. The van der Waals surface area contributed by atoms with Crippen molar-refractivity contribution in [1.82, 2.24) is 0 Å². The van der Waals surface area contributed by atoms with Crippen LogP contribution in [0.4, 0.5) is 0 Å². The van der Waals surface area contributed by atoms with Gasteiger partial charge in [-0.15, -0.1) is 0 Å². The summed E-state index contributed by atoms with van der Waals surface area (Å²) in [6.45, 7) is 11.2. The quantitative estimate of drug-likeness (QED) is 0.390. The summed E-state index contributed by atoms with van der Waals surface area (Å²) in [7, 11) is 0. The highest BCUT2D eigenvalue weighted by Gasteiger charge is 2.36. The van der Waals surface area contributed by atoms with Crippen LogP contribution in [0.5, 0.6) is 0 Å². The zero-order valence-corrected chi connectivity index (χ0v) is 11.1. The Morgan fingerprint density at radius 1 is 1.29 bits per heavy atom. The van der Waals surface area contributed by atoms with E-state index in [0.29, 0.717) is 0 Å². The van der Waals surface area contributed by atoms with Crippen LogP contribution in [-0.2, 0) is 19.1 Å². The fourth-order valence-electron chi connectivity index (χ4n) is 1.29. The topological polar surface area (TPSA) is 52.6 Å². The molecule has 1 atom stereocenters. The maximum Gasteiger partial charge on any atom is 0.330 e. The first-order valence-corrected chi connectivity index (χ1v) is 5.84. The molecule has 0 aliphatic carbocycles. The third-order valence-corrected chi connectivity index (χ3v) is 3.20. The van der Waals surface area contributed by atoms with Crippen molar-refractivity contribution in [3.8, 4) is 0 Å². The number of rotatable bonds is 7. The van der Waals surface area contributed by atoms with E-state index < -0.39 is 11.4 Å². The van der Waals surface area contributed by atoms with Gasteiger partial charge in [-0.1, -0.05) is 27.4 Å². The summed E-state index contributed by atoms with van der Waals surface area (Å²) in [4.78, 5) is 22.6. The first kappa shape index (κ1) is 15.7. The highest BCUT2D eigenvalue weighted by atomic mass is 16.6. The van der Waals surface area contributed by atoms with Gasteiger partial charge in [0.25, 0.3) is 0 Å². The van der Waals surface area contributed by atoms with Crippen molar-refractivity contribution in [3.63, 3.8) is 0 Å². The van der Waals surface area contributed by atoms with E-state index in [9.17, 15) is 9.59 Å². The van der Waals surface area contributed by atoms with Gasteiger partial charge in [0.15, 0.2) is 0 Å². The van der Waals surface area contributed by atoms with E-state index in [-0.39, 0.29) is 25.1 Å². The lowest BCUT2D eigenvalue weighted by Crippen LogP contribution is -2.35. The molecule has 0 aliphatic heterocycles. The monoisotopic (exact) mass is 242 g/mol. The predicted molar refractivity (Wildman–Crippen MR) is 65.4 cm³/mol. The molecule has 0 amide bonds. The summed E-state index contributed by atoms with van der Waals surface area (Å²) in [6, 6.07) is 0. The fourth-order valence-corrected chi connectivity index (χ4v) is 1.29. The zero-order valence-electron chi connectivity index (χ0n) is 11.1. The van der Waals surface area contributed by atoms with Crippen molar-refractivity contribution in [3.05, 3.63) is 12.7 Å². The maximum atomic E-state index is 11.9. The van der Waals surface area contributed by atoms with Crippen LogP contribution in [0.1, 0.15) is 34.1 Å². The van der Waals surface area contributed by atoms with Gasteiger partial charge in [0.05, 0.1) is 5.41 Å². The second-order valence-corrected chi connectivity index (χ2v) is 4.43.